The number of aromatic nitrogens is 3. The summed E-state index contributed by atoms with van der Waals surface area (Å²) in [6.07, 6.45) is 3.08. The lowest BCUT2D eigenvalue weighted by Gasteiger charge is -2.35. The average molecular weight is 333 g/mol. The van der Waals surface area contributed by atoms with E-state index in [2.05, 4.69) is 10.1 Å². The number of piperazine rings is 1. The van der Waals surface area contributed by atoms with Crippen LogP contribution in [0.5, 0.6) is 0 Å². The van der Waals surface area contributed by atoms with Crippen molar-refractivity contribution in [2.75, 3.05) is 26.2 Å². The summed E-state index contributed by atoms with van der Waals surface area (Å²) in [5.74, 6) is 0.00253. The molecule has 2 aromatic heterocycles. The van der Waals surface area contributed by atoms with E-state index in [0.717, 1.165) is 4.88 Å². The molecule has 1 atom stereocenters. The Morgan fingerprint density at radius 2 is 2.00 bits per heavy atom. The molecule has 1 fully saturated rings. The molecule has 1 aliphatic heterocycles. The Kier molecular flexibility index (Phi) is 4.71. The third-order valence-corrected chi connectivity index (χ3v) is 4.82. The van der Waals surface area contributed by atoms with Crippen molar-refractivity contribution in [2.24, 2.45) is 5.92 Å². The Hall–Kier alpha value is -2.22. The first kappa shape index (κ1) is 15.7. The van der Waals surface area contributed by atoms with E-state index in [0.29, 0.717) is 32.7 Å². The molecule has 122 valence electrons. The lowest BCUT2D eigenvalue weighted by molar-refractivity contribution is -0.137. The van der Waals surface area contributed by atoms with Crippen LogP contribution in [0.4, 0.5) is 0 Å². The van der Waals surface area contributed by atoms with Gasteiger partial charge >= 0.3 is 0 Å². The van der Waals surface area contributed by atoms with Crippen molar-refractivity contribution in [1.29, 1.82) is 0 Å². The fraction of sp³-hybridized carbons (Fsp3) is 0.467. The molecule has 2 aromatic rings. The first-order chi connectivity index (χ1) is 11.1. The van der Waals surface area contributed by atoms with Gasteiger partial charge in [0.1, 0.15) is 12.7 Å². The topological polar surface area (TPSA) is 71.3 Å². The number of hydrogen-bond acceptors (Lipinski definition) is 5. The molecule has 0 bridgehead atoms. The highest BCUT2D eigenvalue weighted by Crippen LogP contribution is 2.15. The van der Waals surface area contributed by atoms with Crippen LogP contribution < -0.4 is 0 Å². The maximum Gasteiger partial charge on any atom is 0.264 e. The Morgan fingerprint density at radius 1 is 1.26 bits per heavy atom. The quantitative estimate of drug-likeness (QED) is 0.835. The van der Waals surface area contributed by atoms with E-state index in [1.165, 1.54) is 17.7 Å². The predicted octanol–water partition coefficient (Wildman–Crippen LogP) is 0.960. The molecule has 3 heterocycles. The van der Waals surface area contributed by atoms with Crippen LogP contribution in [0.2, 0.25) is 0 Å². The van der Waals surface area contributed by atoms with Gasteiger partial charge in [-0.25, -0.2) is 4.98 Å². The van der Waals surface area contributed by atoms with Gasteiger partial charge in [0.2, 0.25) is 5.91 Å². The van der Waals surface area contributed by atoms with Gasteiger partial charge in [0.15, 0.2) is 0 Å². The van der Waals surface area contributed by atoms with Crippen molar-refractivity contribution in [3.8, 4) is 0 Å². The van der Waals surface area contributed by atoms with Crippen molar-refractivity contribution in [3.05, 3.63) is 35.0 Å². The van der Waals surface area contributed by atoms with Gasteiger partial charge in [0, 0.05) is 26.2 Å². The SMILES string of the molecule is CC(Cn1cncn1)C(=O)N1CCN(C(=O)c2cccs2)CC1. The highest BCUT2D eigenvalue weighted by Gasteiger charge is 2.27. The Labute approximate surface area is 138 Å². The molecule has 0 aliphatic carbocycles. The molecule has 0 aromatic carbocycles. The molecule has 1 unspecified atom stereocenters. The Balaban J connectivity index is 1.52. The summed E-state index contributed by atoms with van der Waals surface area (Å²) in [6, 6.07) is 3.72. The normalized spacial score (nSPS) is 16.4. The molecule has 23 heavy (non-hydrogen) atoms. The summed E-state index contributed by atoms with van der Waals surface area (Å²) in [7, 11) is 0. The van der Waals surface area contributed by atoms with Gasteiger partial charge in [-0.05, 0) is 11.4 Å². The highest BCUT2D eigenvalue weighted by molar-refractivity contribution is 7.12. The minimum absolute atomic E-state index is 0.0581. The van der Waals surface area contributed by atoms with Gasteiger partial charge in [-0.15, -0.1) is 11.3 Å². The van der Waals surface area contributed by atoms with Gasteiger partial charge < -0.3 is 9.80 Å². The van der Waals surface area contributed by atoms with Crippen molar-refractivity contribution in [2.45, 2.75) is 13.5 Å². The predicted molar refractivity (Wildman–Crippen MR) is 86.0 cm³/mol. The van der Waals surface area contributed by atoms with Gasteiger partial charge in [0.25, 0.3) is 5.91 Å². The lowest BCUT2D eigenvalue weighted by atomic mass is 10.1. The molecule has 8 heteroatoms. The van der Waals surface area contributed by atoms with Gasteiger partial charge in [0.05, 0.1) is 17.3 Å². The zero-order valence-corrected chi connectivity index (χ0v) is 13.8. The summed E-state index contributed by atoms with van der Waals surface area (Å²) in [6.45, 7) is 4.74. The largest absolute Gasteiger partial charge is 0.339 e. The molecule has 0 N–H and O–H groups in total. The van der Waals surface area contributed by atoms with Crippen LogP contribution in [-0.4, -0.2) is 62.6 Å². The summed E-state index contributed by atoms with van der Waals surface area (Å²) in [5, 5.41) is 5.93. The van der Waals surface area contributed by atoms with Crippen LogP contribution in [0.15, 0.2) is 30.2 Å². The summed E-state index contributed by atoms with van der Waals surface area (Å²) in [5.41, 5.74) is 0. The number of thiophene rings is 1. The van der Waals surface area contributed by atoms with E-state index in [9.17, 15) is 9.59 Å². The highest BCUT2D eigenvalue weighted by atomic mass is 32.1. The molecule has 0 saturated carbocycles. The maximum absolute atomic E-state index is 12.5. The Morgan fingerprint density at radius 3 is 2.61 bits per heavy atom. The second-order valence-corrected chi connectivity index (χ2v) is 6.56. The Bertz CT molecular complexity index is 647. The molecule has 7 nitrogen and oxygen atoms in total. The maximum atomic E-state index is 12.5. The van der Waals surface area contributed by atoms with Crippen molar-refractivity contribution >= 4 is 23.2 Å². The van der Waals surface area contributed by atoms with Crippen molar-refractivity contribution in [3.63, 3.8) is 0 Å². The first-order valence-electron chi connectivity index (χ1n) is 7.59. The second kappa shape index (κ2) is 6.91. The number of carbonyl (C=O) groups excluding carboxylic acids is 2. The molecular formula is C15H19N5O2S. The van der Waals surface area contributed by atoms with Crippen LogP contribution in [0.25, 0.3) is 0 Å². The lowest BCUT2D eigenvalue weighted by Crippen LogP contribution is -2.52. The van der Waals surface area contributed by atoms with Gasteiger partial charge in [-0.1, -0.05) is 13.0 Å². The van der Waals surface area contributed by atoms with E-state index in [1.54, 1.807) is 11.0 Å². The van der Waals surface area contributed by atoms with Gasteiger partial charge in [-0.2, -0.15) is 5.10 Å². The van der Waals surface area contributed by atoms with Crippen LogP contribution in [-0.2, 0) is 11.3 Å². The van der Waals surface area contributed by atoms with Crippen LogP contribution in [0, 0.1) is 5.92 Å². The third-order valence-electron chi connectivity index (χ3n) is 3.96. The summed E-state index contributed by atoms with van der Waals surface area (Å²) >= 11 is 1.45. The minimum Gasteiger partial charge on any atom is -0.339 e. The second-order valence-electron chi connectivity index (χ2n) is 5.61. The first-order valence-corrected chi connectivity index (χ1v) is 8.47. The third kappa shape index (κ3) is 3.58. The van der Waals surface area contributed by atoms with Crippen molar-refractivity contribution < 1.29 is 9.59 Å². The molecular weight excluding hydrogens is 314 g/mol. The molecule has 1 aliphatic rings. The van der Waals surface area contributed by atoms with Crippen LogP contribution in [0.1, 0.15) is 16.6 Å². The molecule has 1 saturated heterocycles. The van der Waals surface area contributed by atoms with Crippen LogP contribution in [0.3, 0.4) is 0 Å². The average Bonchev–Trinajstić information content (AvgIpc) is 3.27. The van der Waals surface area contributed by atoms with E-state index in [1.807, 2.05) is 34.2 Å². The summed E-state index contributed by atoms with van der Waals surface area (Å²) in [4.78, 5) is 33.1. The fourth-order valence-electron chi connectivity index (χ4n) is 2.68. The zero-order chi connectivity index (χ0) is 16.2. The van der Waals surface area contributed by atoms with E-state index in [4.69, 9.17) is 0 Å². The standard InChI is InChI=1S/C15H19N5O2S/c1-12(9-20-11-16-10-17-20)14(21)18-4-6-19(7-5-18)15(22)13-3-2-8-23-13/h2-3,8,10-12H,4-7,9H2,1H3. The smallest absolute Gasteiger partial charge is 0.264 e. The molecule has 0 spiro atoms. The fourth-order valence-corrected chi connectivity index (χ4v) is 3.37. The number of amides is 2. The number of nitrogens with zero attached hydrogens (tertiary/aromatic N) is 5. The number of rotatable bonds is 4. The number of hydrogen-bond donors (Lipinski definition) is 0. The summed E-state index contributed by atoms with van der Waals surface area (Å²) < 4.78 is 1.67. The zero-order valence-electron chi connectivity index (χ0n) is 13.0. The van der Waals surface area contributed by atoms with E-state index >= 15 is 0 Å². The van der Waals surface area contributed by atoms with Crippen LogP contribution >= 0.6 is 11.3 Å². The van der Waals surface area contributed by atoms with E-state index in [-0.39, 0.29) is 17.7 Å². The molecule has 2 amide bonds. The minimum atomic E-state index is -0.156. The van der Waals surface area contributed by atoms with Gasteiger partial charge in [-0.3, -0.25) is 14.3 Å². The molecule has 0 radical (unpaired) electrons. The monoisotopic (exact) mass is 333 g/mol. The number of carbonyl (C=O) groups is 2. The van der Waals surface area contributed by atoms with Crippen molar-refractivity contribution in [1.82, 2.24) is 24.6 Å². The van der Waals surface area contributed by atoms with E-state index < -0.39 is 0 Å². The molecule has 3 rings (SSSR count).